The largest absolute Gasteiger partial charge is 0.495 e. The molecule has 2 rings (SSSR count). The van der Waals surface area contributed by atoms with E-state index in [1.807, 2.05) is 0 Å². The summed E-state index contributed by atoms with van der Waals surface area (Å²) < 4.78 is 15.6. The molecule has 138 valence electrons. The number of nitrogens with zero attached hydrogens (tertiary/aromatic N) is 1. The Kier molecular flexibility index (Phi) is 6.80. The van der Waals surface area contributed by atoms with Crippen LogP contribution in [0.4, 0.5) is 5.69 Å². The number of anilines is 1. The number of carbonyl (C=O) groups excluding carboxylic acids is 2. The van der Waals surface area contributed by atoms with Crippen molar-refractivity contribution >= 4 is 29.2 Å². The van der Waals surface area contributed by atoms with E-state index in [-0.39, 0.29) is 0 Å². The van der Waals surface area contributed by atoms with Gasteiger partial charge in [0.15, 0.2) is 6.10 Å². The van der Waals surface area contributed by atoms with Crippen LogP contribution >= 0.6 is 11.6 Å². The molecule has 1 aromatic carbocycles. The van der Waals surface area contributed by atoms with Crippen LogP contribution in [0.1, 0.15) is 23.7 Å². The fourth-order valence-corrected chi connectivity index (χ4v) is 2.42. The lowest BCUT2D eigenvalue weighted by molar-refractivity contribution is -0.124. The Bertz CT molecular complexity index is 783. The molecule has 1 atom stereocenters. The SMILES string of the molecule is CCC(OC(=O)c1ccncc1)C(=O)Nc1cc(Cl)c(OC)cc1OC. The van der Waals surface area contributed by atoms with Gasteiger partial charge >= 0.3 is 5.97 Å². The number of ether oxygens (including phenoxy) is 3. The number of halogens is 1. The van der Waals surface area contributed by atoms with Crippen LogP contribution in [-0.4, -0.2) is 37.2 Å². The van der Waals surface area contributed by atoms with Crippen molar-refractivity contribution in [2.75, 3.05) is 19.5 Å². The highest BCUT2D eigenvalue weighted by atomic mass is 35.5. The molecule has 0 aliphatic heterocycles. The zero-order valence-corrected chi connectivity index (χ0v) is 15.4. The molecule has 0 spiro atoms. The molecule has 0 aliphatic rings. The first kappa shape index (κ1) is 19.5. The van der Waals surface area contributed by atoms with Crippen molar-refractivity contribution in [3.63, 3.8) is 0 Å². The Morgan fingerprint density at radius 1 is 1.15 bits per heavy atom. The molecule has 0 fully saturated rings. The van der Waals surface area contributed by atoms with Gasteiger partial charge in [0.25, 0.3) is 5.91 Å². The van der Waals surface area contributed by atoms with E-state index in [1.165, 1.54) is 44.8 Å². The van der Waals surface area contributed by atoms with E-state index in [2.05, 4.69) is 10.3 Å². The standard InChI is InChI=1S/C18H19ClN2O5/c1-4-14(26-18(23)11-5-7-20-8-6-11)17(22)21-13-9-12(19)15(24-2)10-16(13)25-3/h5-10,14H,4H2,1-3H3,(H,21,22). The van der Waals surface area contributed by atoms with Crippen molar-refractivity contribution in [1.29, 1.82) is 0 Å². The maximum atomic E-state index is 12.5. The first-order valence-corrected chi connectivity index (χ1v) is 8.21. The van der Waals surface area contributed by atoms with Crippen molar-refractivity contribution in [3.8, 4) is 11.5 Å². The second kappa shape index (κ2) is 9.05. The number of benzene rings is 1. The molecule has 2 aromatic rings. The minimum absolute atomic E-state index is 0.300. The molecule has 0 bridgehead atoms. The van der Waals surface area contributed by atoms with Crippen LogP contribution in [0, 0.1) is 0 Å². The van der Waals surface area contributed by atoms with E-state index in [4.69, 9.17) is 25.8 Å². The van der Waals surface area contributed by atoms with E-state index in [0.29, 0.717) is 34.2 Å². The number of amides is 1. The average molecular weight is 379 g/mol. The molecule has 8 heteroatoms. The van der Waals surface area contributed by atoms with Crippen molar-refractivity contribution in [2.24, 2.45) is 0 Å². The maximum absolute atomic E-state index is 12.5. The molecule has 0 aliphatic carbocycles. The number of rotatable bonds is 7. The number of nitrogens with one attached hydrogen (secondary N) is 1. The van der Waals surface area contributed by atoms with E-state index in [0.717, 1.165) is 0 Å². The zero-order valence-electron chi connectivity index (χ0n) is 14.6. The molecule has 0 saturated heterocycles. The summed E-state index contributed by atoms with van der Waals surface area (Å²) in [5, 5.41) is 2.98. The van der Waals surface area contributed by atoms with Gasteiger partial charge in [0.05, 0.1) is 30.5 Å². The minimum Gasteiger partial charge on any atom is -0.495 e. The third-order valence-corrected chi connectivity index (χ3v) is 3.86. The first-order chi connectivity index (χ1) is 12.5. The lowest BCUT2D eigenvalue weighted by Crippen LogP contribution is -2.32. The molecule has 1 unspecified atom stereocenters. The van der Waals surface area contributed by atoms with Crippen LogP contribution in [0.2, 0.25) is 5.02 Å². The molecule has 7 nitrogen and oxygen atoms in total. The monoisotopic (exact) mass is 378 g/mol. The predicted octanol–water partition coefficient (Wildman–Crippen LogP) is 3.33. The number of methoxy groups -OCH3 is 2. The van der Waals surface area contributed by atoms with Crippen LogP contribution in [-0.2, 0) is 9.53 Å². The Morgan fingerprint density at radius 2 is 1.81 bits per heavy atom. The van der Waals surface area contributed by atoms with E-state index in [1.54, 1.807) is 13.0 Å². The van der Waals surface area contributed by atoms with Crippen molar-refractivity contribution < 1.29 is 23.8 Å². The van der Waals surface area contributed by atoms with Gasteiger partial charge in [-0.3, -0.25) is 9.78 Å². The normalized spacial score (nSPS) is 11.4. The summed E-state index contributed by atoms with van der Waals surface area (Å²) in [4.78, 5) is 28.5. The summed E-state index contributed by atoms with van der Waals surface area (Å²) in [6.45, 7) is 1.74. The van der Waals surface area contributed by atoms with Crippen LogP contribution in [0.15, 0.2) is 36.7 Å². The van der Waals surface area contributed by atoms with E-state index < -0.39 is 18.0 Å². The van der Waals surface area contributed by atoms with Crippen molar-refractivity contribution in [3.05, 3.63) is 47.2 Å². The topological polar surface area (TPSA) is 86.8 Å². The van der Waals surface area contributed by atoms with Gasteiger partial charge in [-0.25, -0.2) is 4.79 Å². The molecular formula is C18H19ClN2O5. The van der Waals surface area contributed by atoms with Gasteiger partial charge in [0, 0.05) is 18.5 Å². The highest BCUT2D eigenvalue weighted by molar-refractivity contribution is 6.32. The van der Waals surface area contributed by atoms with Gasteiger partial charge in [0.2, 0.25) is 0 Å². The summed E-state index contributed by atoms with van der Waals surface area (Å²) in [5.41, 5.74) is 0.665. The number of aromatic nitrogens is 1. The lowest BCUT2D eigenvalue weighted by Gasteiger charge is -2.18. The average Bonchev–Trinajstić information content (AvgIpc) is 2.66. The summed E-state index contributed by atoms with van der Waals surface area (Å²) >= 11 is 6.10. The zero-order chi connectivity index (χ0) is 19.1. The number of hydrogen-bond acceptors (Lipinski definition) is 6. The van der Waals surface area contributed by atoms with Crippen molar-refractivity contribution in [2.45, 2.75) is 19.4 Å². The molecule has 0 saturated carbocycles. The van der Waals surface area contributed by atoms with Gasteiger partial charge in [-0.15, -0.1) is 0 Å². The molecular weight excluding hydrogens is 360 g/mol. The Balaban J connectivity index is 2.14. The van der Waals surface area contributed by atoms with E-state index >= 15 is 0 Å². The Labute approximate surface area is 156 Å². The maximum Gasteiger partial charge on any atom is 0.339 e. The number of carbonyl (C=O) groups is 2. The second-order valence-electron chi connectivity index (χ2n) is 5.21. The number of pyridine rings is 1. The lowest BCUT2D eigenvalue weighted by atomic mass is 10.2. The minimum atomic E-state index is -0.971. The van der Waals surface area contributed by atoms with Gasteiger partial charge in [0.1, 0.15) is 11.5 Å². The summed E-state index contributed by atoms with van der Waals surface area (Å²) in [5.74, 6) is -0.309. The van der Waals surface area contributed by atoms with Crippen LogP contribution in [0.5, 0.6) is 11.5 Å². The Hall–Kier alpha value is -2.80. The third kappa shape index (κ3) is 4.64. The predicted molar refractivity (Wildman–Crippen MR) is 96.9 cm³/mol. The van der Waals surface area contributed by atoms with Gasteiger partial charge in [-0.1, -0.05) is 18.5 Å². The smallest absolute Gasteiger partial charge is 0.339 e. The fourth-order valence-electron chi connectivity index (χ4n) is 2.18. The molecule has 0 radical (unpaired) electrons. The quantitative estimate of drug-likeness (QED) is 0.744. The highest BCUT2D eigenvalue weighted by Gasteiger charge is 2.23. The van der Waals surface area contributed by atoms with Crippen LogP contribution < -0.4 is 14.8 Å². The number of esters is 1. The molecule has 1 aromatic heterocycles. The summed E-state index contributed by atoms with van der Waals surface area (Å²) in [6.07, 6.45) is 2.28. The van der Waals surface area contributed by atoms with Crippen LogP contribution in [0.25, 0.3) is 0 Å². The highest BCUT2D eigenvalue weighted by Crippen LogP contribution is 2.36. The van der Waals surface area contributed by atoms with Crippen molar-refractivity contribution in [1.82, 2.24) is 4.98 Å². The fraction of sp³-hybridized carbons (Fsp3) is 0.278. The van der Waals surface area contributed by atoms with Crippen LogP contribution in [0.3, 0.4) is 0 Å². The second-order valence-corrected chi connectivity index (χ2v) is 5.62. The number of hydrogen-bond donors (Lipinski definition) is 1. The first-order valence-electron chi connectivity index (χ1n) is 7.83. The molecule has 1 heterocycles. The third-order valence-electron chi connectivity index (χ3n) is 3.56. The van der Waals surface area contributed by atoms with Gasteiger partial charge in [-0.05, 0) is 24.6 Å². The van der Waals surface area contributed by atoms with Gasteiger partial charge < -0.3 is 19.5 Å². The summed E-state index contributed by atoms with van der Waals surface area (Å²) in [6, 6.07) is 6.09. The Morgan fingerprint density at radius 3 is 2.38 bits per heavy atom. The van der Waals surface area contributed by atoms with E-state index in [9.17, 15) is 9.59 Å². The molecule has 1 N–H and O–H groups in total. The molecule has 1 amide bonds. The van der Waals surface area contributed by atoms with Gasteiger partial charge in [-0.2, -0.15) is 0 Å². The molecule has 26 heavy (non-hydrogen) atoms. The summed E-state index contributed by atoms with van der Waals surface area (Å²) in [7, 11) is 2.93.